The molecule has 0 radical (unpaired) electrons. The molecule has 1 aromatic heterocycles. The Morgan fingerprint density at radius 2 is 2.00 bits per heavy atom. The number of aromatic nitrogens is 3. The van der Waals surface area contributed by atoms with Crippen molar-refractivity contribution in [2.45, 2.75) is 32.0 Å². The lowest BCUT2D eigenvalue weighted by molar-refractivity contribution is 0.0904. The lowest BCUT2D eigenvalue weighted by Crippen LogP contribution is -2.44. The zero-order valence-corrected chi connectivity index (χ0v) is 13.8. The van der Waals surface area contributed by atoms with Crippen LogP contribution in [0.2, 0.25) is 0 Å². The van der Waals surface area contributed by atoms with Crippen molar-refractivity contribution in [1.29, 1.82) is 0 Å². The predicted molar refractivity (Wildman–Crippen MR) is 91.3 cm³/mol. The highest BCUT2D eigenvalue weighted by molar-refractivity contribution is 5.92. The van der Waals surface area contributed by atoms with Crippen LogP contribution >= 0.6 is 0 Å². The summed E-state index contributed by atoms with van der Waals surface area (Å²) in [7, 11) is 0. The van der Waals surface area contributed by atoms with Gasteiger partial charge in [-0.15, -0.1) is 5.10 Å². The molecule has 3 N–H and O–H groups in total. The third-order valence-corrected chi connectivity index (χ3v) is 4.30. The minimum atomic E-state index is -0.153. The van der Waals surface area contributed by atoms with E-state index in [1.807, 2.05) is 6.07 Å². The van der Waals surface area contributed by atoms with E-state index in [2.05, 4.69) is 44.8 Å². The molecule has 7 nitrogen and oxygen atoms in total. The van der Waals surface area contributed by atoms with E-state index in [4.69, 9.17) is 5.73 Å². The molecule has 0 unspecified atom stereocenters. The van der Waals surface area contributed by atoms with Crippen LogP contribution in [-0.4, -0.2) is 51.5 Å². The Kier molecular flexibility index (Phi) is 5.55. The summed E-state index contributed by atoms with van der Waals surface area (Å²) in [5.41, 5.74) is 7.16. The lowest BCUT2D eigenvalue weighted by atomic mass is 10.0. The summed E-state index contributed by atoms with van der Waals surface area (Å²) in [6.45, 7) is 3.98. The number of nitrogens with one attached hydrogen (secondary N) is 1. The van der Waals surface area contributed by atoms with E-state index in [1.165, 1.54) is 5.56 Å². The van der Waals surface area contributed by atoms with Crippen molar-refractivity contribution in [1.82, 2.24) is 25.2 Å². The molecule has 1 aliphatic heterocycles. The second kappa shape index (κ2) is 8.03. The van der Waals surface area contributed by atoms with Crippen LogP contribution in [-0.2, 0) is 13.1 Å². The van der Waals surface area contributed by atoms with Gasteiger partial charge in [0, 0.05) is 32.2 Å². The average molecular weight is 328 g/mol. The third-order valence-electron chi connectivity index (χ3n) is 4.30. The molecule has 1 aliphatic rings. The molecule has 2 heterocycles. The Labute approximate surface area is 141 Å². The van der Waals surface area contributed by atoms with Crippen LogP contribution in [0, 0.1) is 0 Å². The molecule has 0 bridgehead atoms. The van der Waals surface area contributed by atoms with Gasteiger partial charge in [-0.25, -0.2) is 0 Å². The monoisotopic (exact) mass is 328 g/mol. The molecule has 7 heteroatoms. The second-order valence-electron chi connectivity index (χ2n) is 6.17. The minimum absolute atomic E-state index is 0.153. The summed E-state index contributed by atoms with van der Waals surface area (Å²) >= 11 is 0. The molecule has 3 rings (SSSR count). The third kappa shape index (κ3) is 4.39. The number of hydrogen-bond donors (Lipinski definition) is 2. The molecule has 128 valence electrons. The normalized spacial score (nSPS) is 16.2. The van der Waals surface area contributed by atoms with Gasteiger partial charge in [-0.2, -0.15) is 0 Å². The van der Waals surface area contributed by atoms with Gasteiger partial charge in [0.2, 0.25) is 0 Å². The summed E-state index contributed by atoms with van der Waals surface area (Å²) in [5, 5.41) is 10.9. The van der Waals surface area contributed by atoms with Crippen molar-refractivity contribution < 1.29 is 4.79 Å². The van der Waals surface area contributed by atoms with Crippen LogP contribution in [0.25, 0.3) is 0 Å². The van der Waals surface area contributed by atoms with Crippen molar-refractivity contribution >= 4 is 5.91 Å². The van der Waals surface area contributed by atoms with E-state index in [-0.39, 0.29) is 11.9 Å². The molecule has 1 saturated heterocycles. The Bertz CT molecular complexity index is 648. The maximum Gasteiger partial charge on any atom is 0.273 e. The van der Waals surface area contributed by atoms with Crippen LogP contribution < -0.4 is 11.1 Å². The van der Waals surface area contributed by atoms with Crippen molar-refractivity contribution in [2.75, 3.05) is 19.6 Å². The first-order chi connectivity index (χ1) is 11.7. The molecular formula is C17H24N6O. The Balaban J connectivity index is 1.45. The fourth-order valence-corrected chi connectivity index (χ4v) is 2.98. The SMILES string of the molecule is NCCn1cc(C(=O)NC2CCN(Cc3ccccc3)CC2)nn1. The topological polar surface area (TPSA) is 89.1 Å². The molecule has 1 fully saturated rings. The summed E-state index contributed by atoms with van der Waals surface area (Å²) in [6, 6.07) is 10.7. The van der Waals surface area contributed by atoms with Gasteiger partial charge in [-0.3, -0.25) is 14.4 Å². The minimum Gasteiger partial charge on any atom is -0.348 e. The van der Waals surface area contributed by atoms with Gasteiger partial charge in [-0.05, 0) is 18.4 Å². The number of benzene rings is 1. The van der Waals surface area contributed by atoms with Gasteiger partial charge in [-0.1, -0.05) is 35.5 Å². The number of amides is 1. The maximum absolute atomic E-state index is 12.2. The van der Waals surface area contributed by atoms with Crippen LogP contribution in [0.3, 0.4) is 0 Å². The van der Waals surface area contributed by atoms with Crippen molar-refractivity contribution in [2.24, 2.45) is 5.73 Å². The van der Waals surface area contributed by atoms with Gasteiger partial charge in [0.05, 0.1) is 12.7 Å². The fourth-order valence-electron chi connectivity index (χ4n) is 2.98. The van der Waals surface area contributed by atoms with Gasteiger partial charge in [0.1, 0.15) is 0 Å². The Morgan fingerprint density at radius 3 is 2.71 bits per heavy atom. The summed E-state index contributed by atoms with van der Waals surface area (Å²) in [6.07, 6.45) is 3.55. The van der Waals surface area contributed by atoms with E-state index >= 15 is 0 Å². The number of rotatable bonds is 6. The number of carbonyl (C=O) groups is 1. The smallest absolute Gasteiger partial charge is 0.273 e. The number of nitrogens with zero attached hydrogens (tertiary/aromatic N) is 4. The molecule has 1 amide bonds. The highest BCUT2D eigenvalue weighted by atomic mass is 16.2. The highest BCUT2D eigenvalue weighted by Crippen LogP contribution is 2.14. The number of carbonyl (C=O) groups excluding carboxylic acids is 1. The maximum atomic E-state index is 12.2. The molecular weight excluding hydrogens is 304 g/mol. The summed E-state index contributed by atoms with van der Waals surface area (Å²) < 4.78 is 1.59. The van der Waals surface area contributed by atoms with Crippen LogP contribution in [0.15, 0.2) is 36.5 Å². The average Bonchev–Trinajstić information content (AvgIpc) is 3.07. The van der Waals surface area contributed by atoms with E-state index < -0.39 is 0 Å². The first-order valence-electron chi connectivity index (χ1n) is 8.42. The lowest BCUT2D eigenvalue weighted by Gasteiger charge is -2.32. The van der Waals surface area contributed by atoms with E-state index in [0.29, 0.717) is 18.8 Å². The molecule has 2 aromatic rings. The fraction of sp³-hybridized carbons (Fsp3) is 0.471. The molecule has 0 atom stereocenters. The van der Waals surface area contributed by atoms with Crippen LogP contribution in [0.1, 0.15) is 28.9 Å². The largest absolute Gasteiger partial charge is 0.348 e. The zero-order valence-electron chi connectivity index (χ0n) is 13.8. The number of nitrogens with two attached hydrogens (primary N) is 1. The van der Waals surface area contributed by atoms with Gasteiger partial charge >= 0.3 is 0 Å². The van der Waals surface area contributed by atoms with E-state index in [9.17, 15) is 4.79 Å². The second-order valence-corrected chi connectivity index (χ2v) is 6.17. The summed E-state index contributed by atoms with van der Waals surface area (Å²) in [5.74, 6) is -0.153. The standard InChI is InChI=1S/C17H24N6O/c18-8-11-23-13-16(20-21-23)17(24)19-15-6-9-22(10-7-15)12-14-4-2-1-3-5-14/h1-5,13,15H,6-12,18H2,(H,19,24). The van der Waals surface area contributed by atoms with Crippen molar-refractivity contribution in [3.05, 3.63) is 47.8 Å². The first kappa shape index (κ1) is 16.6. The van der Waals surface area contributed by atoms with E-state index in [0.717, 1.165) is 32.5 Å². The number of likely N-dealkylation sites (tertiary alicyclic amines) is 1. The molecule has 24 heavy (non-hydrogen) atoms. The van der Waals surface area contributed by atoms with Gasteiger partial charge < -0.3 is 11.1 Å². The number of hydrogen-bond acceptors (Lipinski definition) is 5. The number of piperidine rings is 1. The first-order valence-corrected chi connectivity index (χ1v) is 8.42. The highest BCUT2D eigenvalue weighted by Gasteiger charge is 2.22. The molecule has 0 spiro atoms. The molecule has 1 aromatic carbocycles. The summed E-state index contributed by atoms with van der Waals surface area (Å²) in [4.78, 5) is 14.7. The Hall–Kier alpha value is -2.25. The van der Waals surface area contributed by atoms with Crippen molar-refractivity contribution in [3.63, 3.8) is 0 Å². The molecule has 0 aliphatic carbocycles. The predicted octanol–water partition coefficient (Wildman–Crippen LogP) is 0.631. The van der Waals surface area contributed by atoms with Crippen LogP contribution in [0.5, 0.6) is 0 Å². The Morgan fingerprint density at radius 1 is 1.25 bits per heavy atom. The van der Waals surface area contributed by atoms with Crippen LogP contribution in [0.4, 0.5) is 0 Å². The van der Waals surface area contributed by atoms with E-state index in [1.54, 1.807) is 10.9 Å². The zero-order chi connectivity index (χ0) is 16.8. The quantitative estimate of drug-likeness (QED) is 0.812. The van der Waals surface area contributed by atoms with Crippen molar-refractivity contribution in [3.8, 4) is 0 Å². The molecule has 0 saturated carbocycles. The van der Waals surface area contributed by atoms with Gasteiger partial charge in [0.25, 0.3) is 5.91 Å². The van der Waals surface area contributed by atoms with Gasteiger partial charge in [0.15, 0.2) is 5.69 Å².